The Kier molecular flexibility index (Phi) is 6.54. The molecular weight excluding hydrogens is 482 g/mol. The van der Waals surface area contributed by atoms with Crippen LogP contribution < -0.4 is 5.32 Å². The minimum Gasteiger partial charge on any atom is -0.350 e. The first-order chi connectivity index (χ1) is 16.8. The fraction of sp³-hybridized carbons (Fsp3) is 0.417. The summed E-state index contributed by atoms with van der Waals surface area (Å²) in [5, 5.41) is 3.79. The Morgan fingerprint density at radius 1 is 1.11 bits per heavy atom. The van der Waals surface area contributed by atoms with Crippen molar-refractivity contribution in [3.05, 3.63) is 63.9 Å². The van der Waals surface area contributed by atoms with Gasteiger partial charge in [-0.3, -0.25) is 9.69 Å². The number of benzene rings is 1. The topological polar surface area (TPSA) is 71.0 Å². The third kappa shape index (κ3) is 5.51. The predicted molar refractivity (Wildman–Crippen MR) is 122 cm³/mol. The molecule has 1 aliphatic heterocycles. The number of likely N-dealkylation sites (tertiary alicyclic amines) is 1. The lowest BCUT2D eigenvalue weighted by atomic mass is 10.0. The smallest absolute Gasteiger partial charge is 0.254 e. The molecule has 1 unspecified atom stereocenters. The summed E-state index contributed by atoms with van der Waals surface area (Å²) in [7, 11) is 0. The third-order valence-corrected chi connectivity index (χ3v) is 7.57. The van der Waals surface area contributed by atoms with Gasteiger partial charge in [-0.15, -0.1) is 11.3 Å². The number of carbonyl (C=O) groups excluding carboxylic acids is 1. The first kappa shape index (κ1) is 23.8. The number of nitrogens with one attached hydrogen (secondary N) is 1. The summed E-state index contributed by atoms with van der Waals surface area (Å²) >= 11 is 1.54. The maximum atomic E-state index is 14.5. The highest BCUT2D eigenvalue weighted by molar-refractivity contribution is 7.11. The SMILES string of the molecule is O=C(NCC(c1cnc(C2CC2)s1)N1CCC(F)(F)CC1)c1cc(-c2ncc(F)cn2)ccc1F. The molecule has 2 fully saturated rings. The van der Waals surface area contributed by atoms with E-state index in [1.54, 1.807) is 17.5 Å². The number of thiazole rings is 1. The molecule has 1 saturated carbocycles. The summed E-state index contributed by atoms with van der Waals surface area (Å²) in [6.45, 7) is 0.499. The summed E-state index contributed by atoms with van der Waals surface area (Å²) < 4.78 is 55.2. The average molecular weight is 506 g/mol. The number of aromatic nitrogens is 3. The van der Waals surface area contributed by atoms with E-state index in [1.807, 2.05) is 4.90 Å². The summed E-state index contributed by atoms with van der Waals surface area (Å²) in [5.74, 6) is -4.06. The number of alkyl halides is 2. The van der Waals surface area contributed by atoms with Gasteiger partial charge in [-0.25, -0.2) is 32.5 Å². The summed E-state index contributed by atoms with van der Waals surface area (Å²) in [6, 6.07) is 3.51. The zero-order chi connectivity index (χ0) is 24.6. The molecule has 2 aliphatic rings. The maximum absolute atomic E-state index is 14.5. The molecule has 0 spiro atoms. The number of piperidine rings is 1. The number of hydrogen-bond donors (Lipinski definition) is 1. The number of amides is 1. The van der Waals surface area contributed by atoms with E-state index in [-0.39, 0.29) is 49.9 Å². The highest BCUT2D eigenvalue weighted by atomic mass is 32.1. The normalized spacial score (nSPS) is 18.9. The predicted octanol–water partition coefficient (Wildman–Crippen LogP) is 4.96. The van der Waals surface area contributed by atoms with Crippen molar-refractivity contribution in [1.29, 1.82) is 0 Å². The molecule has 184 valence electrons. The highest BCUT2D eigenvalue weighted by Crippen LogP contribution is 2.43. The van der Waals surface area contributed by atoms with Crippen molar-refractivity contribution >= 4 is 17.2 Å². The van der Waals surface area contributed by atoms with Crippen LogP contribution in [0.3, 0.4) is 0 Å². The fourth-order valence-electron chi connectivity index (χ4n) is 4.13. The minimum absolute atomic E-state index is 0.118. The van der Waals surface area contributed by atoms with Gasteiger partial charge in [0.15, 0.2) is 11.6 Å². The van der Waals surface area contributed by atoms with Crippen molar-refractivity contribution in [1.82, 2.24) is 25.2 Å². The van der Waals surface area contributed by atoms with Crippen molar-refractivity contribution in [3.8, 4) is 11.4 Å². The fourth-order valence-corrected chi connectivity index (χ4v) is 5.35. The largest absolute Gasteiger partial charge is 0.350 e. The second-order valence-electron chi connectivity index (χ2n) is 8.91. The Morgan fingerprint density at radius 2 is 1.83 bits per heavy atom. The zero-order valence-corrected chi connectivity index (χ0v) is 19.5. The van der Waals surface area contributed by atoms with Crippen LogP contribution in [0.5, 0.6) is 0 Å². The van der Waals surface area contributed by atoms with Crippen molar-refractivity contribution < 1.29 is 22.4 Å². The zero-order valence-electron chi connectivity index (χ0n) is 18.7. The van der Waals surface area contributed by atoms with Gasteiger partial charge in [-0.05, 0) is 31.0 Å². The summed E-state index contributed by atoms with van der Waals surface area (Å²) in [5.41, 5.74) is 0.158. The lowest BCUT2D eigenvalue weighted by Crippen LogP contribution is -2.44. The van der Waals surface area contributed by atoms with Gasteiger partial charge in [0.05, 0.1) is 29.0 Å². The van der Waals surface area contributed by atoms with Crippen molar-refractivity contribution in [2.45, 2.75) is 43.6 Å². The van der Waals surface area contributed by atoms with E-state index in [1.165, 1.54) is 12.1 Å². The van der Waals surface area contributed by atoms with Gasteiger partial charge in [0, 0.05) is 55.0 Å². The second kappa shape index (κ2) is 9.62. The maximum Gasteiger partial charge on any atom is 0.254 e. The van der Waals surface area contributed by atoms with Crippen LogP contribution in [-0.4, -0.2) is 51.3 Å². The molecule has 3 aromatic rings. The van der Waals surface area contributed by atoms with E-state index >= 15 is 0 Å². The molecule has 35 heavy (non-hydrogen) atoms. The molecule has 1 aliphatic carbocycles. The molecule has 1 atom stereocenters. The standard InChI is InChI=1S/C24H23F4N5OS/c25-16-10-29-21(30-11-16)15-3-4-18(26)17(9-15)22(34)31-12-19(33-7-5-24(27,28)6-8-33)20-13-32-23(35-20)14-1-2-14/h3-4,9-11,13-14,19H,1-2,5-8,12H2,(H,31,34). The highest BCUT2D eigenvalue weighted by Gasteiger charge is 2.37. The molecular formula is C24H23F4N5OS. The van der Waals surface area contributed by atoms with Gasteiger partial charge < -0.3 is 5.32 Å². The summed E-state index contributed by atoms with van der Waals surface area (Å²) in [6.07, 6.45) is 5.43. The van der Waals surface area contributed by atoms with Gasteiger partial charge in [-0.1, -0.05) is 0 Å². The molecule has 1 aromatic carbocycles. The van der Waals surface area contributed by atoms with Gasteiger partial charge in [0.2, 0.25) is 0 Å². The lowest BCUT2D eigenvalue weighted by molar-refractivity contribution is -0.0629. The number of halogens is 4. The van der Waals surface area contributed by atoms with E-state index in [4.69, 9.17) is 0 Å². The third-order valence-electron chi connectivity index (χ3n) is 6.31. The van der Waals surface area contributed by atoms with E-state index in [9.17, 15) is 22.4 Å². The Morgan fingerprint density at radius 3 is 2.51 bits per heavy atom. The minimum atomic E-state index is -2.69. The van der Waals surface area contributed by atoms with Crippen LogP contribution in [0.4, 0.5) is 17.6 Å². The van der Waals surface area contributed by atoms with Crippen molar-refractivity contribution in [3.63, 3.8) is 0 Å². The molecule has 1 N–H and O–H groups in total. The Balaban J connectivity index is 1.34. The number of nitrogens with zero attached hydrogens (tertiary/aromatic N) is 4. The van der Waals surface area contributed by atoms with Crippen LogP contribution in [0.1, 0.15) is 57.9 Å². The van der Waals surface area contributed by atoms with Gasteiger partial charge in [0.1, 0.15) is 5.82 Å². The molecule has 5 rings (SSSR count). The van der Waals surface area contributed by atoms with Crippen LogP contribution in [0.2, 0.25) is 0 Å². The molecule has 2 aromatic heterocycles. The van der Waals surface area contributed by atoms with Crippen molar-refractivity contribution in [2.75, 3.05) is 19.6 Å². The van der Waals surface area contributed by atoms with Gasteiger partial charge in [0.25, 0.3) is 11.8 Å². The number of carbonyl (C=O) groups is 1. The quantitative estimate of drug-likeness (QED) is 0.460. The summed E-state index contributed by atoms with van der Waals surface area (Å²) in [4.78, 5) is 28.0. The first-order valence-corrected chi connectivity index (χ1v) is 12.2. The Bertz CT molecular complexity index is 1200. The van der Waals surface area contributed by atoms with Crippen LogP contribution in [0.15, 0.2) is 36.8 Å². The van der Waals surface area contributed by atoms with E-state index < -0.39 is 23.5 Å². The molecule has 0 radical (unpaired) electrons. The number of hydrogen-bond acceptors (Lipinski definition) is 6. The molecule has 6 nitrogen and oxygen atoms in total. The second-order valence-corrected chi connectivity index (χ2v) is 10.0. The molecule has 11 heteroatoms. The van der Waals surface area contributed by atoms with Crippen LogP contribution in [-0.2, 0) is 0 Å². The number of rotatable bonds is 7. The lowest BCUT2D eigenvalue weighted by Gasteiger charge is -2.37. The Labute approximate surface area is 203 Å². The van der Waals surface area contributed by atoms with Crippen LogP contribution in [0, 0.1) is 11.6 Å². The van der Waals surface area contributed by atoms with Crippen LogP contribution >= 0.6 is 11.3 Å². The average Bonchev–Trinajstić information content (AvgIpc) is 3.58. The van der Waals surface area contributed by atoms with Gasteiger partial charge in [-0.2, -0.15) is 0 Å². The molecule has 1 saturated heterocycles. The molecule has 0 bridgehead atoms. The van der Waals surface area contributed by atoms with Crippen molar-refractivity contribution in [2.24, 2.45) is 0 Å². The van der Waals surface area contributed by atoms with E-state index in [0.29, 0.717) is 11.5 Å². The van der Waals surface area contributed by atoms with E-state index in [2.05, 4.69) is 20.3 Å². The van der Waals surface area contributed by atoms with Crippen LogP contribution in [0.25, 0.3) is 11.4 Å². The monoisotopic (exact) mass is 505 g/mol. The Hall–Kier alpha value is -2.92. The van der Waals surface area contributed by atoms with Gasteiger partial charge >= 0.3 is 0 Å². The molecule has 1 amide bonds. The van der Waals surface area contributed by atoms with E-state index in [0.717, 1.165) is 41.2 Å². The molecule has 3 heterocycles. The first-order valence-electron chi connectivity index (χ1n) is 11.4.